The molecule has 11 heteroatoms. The predicted molar refractivity (Wildman–Crippen MR) is 179 cm³/mol. The Hall–Kier alpha value is -2.79. The van der Waals surface area contributed by atoms with Crippen molar-refractivity contribution in [2.45, 2.75) is 124 Å². The van der Waals surface area contributed by atoms with Crippen LogP contribution >= 0.6 is 0 Å². The van der Waals surface area contributed by atoms with Gasteiger partial charge in [0, 0.05) is 43.0 Å². The molecule has 1 saturated heterocycles. The fraction of sp³-hybridized carbons (Fsp3) is 0.735. The minimum absolute atomic E-state index is 0.0428. The van der Waals surface area contributed by atoms with E-state index in [0.717, 1.165) is 31.2 Å². The third kappa shape index (κ3) is 8.72. The monoisotopic (exact) mass is 647 g/mol. The number of hydrogen-bond acceptors (Lipinski definition) is 7. The van der Waals surface area contributed by atoms with Crippen molar-refractivity contribution in [2.24, 2.45) is 28.1 Å². The molecule has 3 atom stereocenters. The molecule has 45 heavy (non-hydrogen) atoms. The summed E-state index contributed by atoms with van der Waals surface area (Å²) in [6.45, 7) is 23.0. The number of unbranched alkanes of at least 4 members (excludes halogenated alkanes) is 1. The zero-order valence-corrected chi connectivity index (χ0v) is 30.2. The predicted octanol–water partition coefficient (Wildman–Crippen LogP) is 8.31. The van der Waals surface area contributed by atoms with Crippen molar-refractivity contribution in [3.8, 4) is 5.75 Å². The summed E-state index contributed by atoms with van der Waals surface area (Å²) in [4.78, 5) is 30.6. The molecule has 254 valence electrons. The average molecular weight is 648 g/mol. The standard InChI is InChI=1S/C34H57N3O7Si/c1-11-13-14-23(12-2)22-41-31(40)43-36-29(35)24-15-16-26-25(21-24)27(44-45(9,10)33(6,7)8)28(32(3,4)5)34(42-26)17-19-37(20-18-34)30(38)39/h15-16,21,23,27-28H,11-14,17-20,22H2,1-10H3,(H2,35,36)(H,38,39). The van der Waals surface area contributed by atoms with Gasteiger partial charge in [-0.25, -0.2) is 9.59 Å². The van der Waals surface area contributed by atoms with Crippen LogP contribution in [0.3, 0.4) is 0 Å². The number of nitrogens with two attached hydrogens (primary N) is 1. The van der Waals surface area contributed by atoms with Crippen molar-refractivity contribution >= 4 is 26.4 Å². The molecule has 0 aliphatic carbocycles. The first-order valence-corrected chi connectivity index (χ1v) is 19.4. The highest BCUT2D eigenvalue weighted by Gasteiger charge is 2.58. The van der Waals surface area contributed by atoms with Gasteiger partial charge in [0.25, 0.3) is 0 Å². The van der Waals surface area contributed by atoms with Gasteiger partial charge in [-0.2, -0.15) is 0 Å². The molecule has 0 bridgehead atoms. The summed E-state index contributed by atoms with van der Waals surface area (Å²) >= 11 is 0. The molecule has 3 rings (SSSR count). The lowest BCUT2D eigenvalue weighted by atomic mass is 9.62. The van der Waals surface area contributed by atoms with E-state index >= 15 is 0 Å². The largest absolute Gasteiger partial charge is 0.535 e. The van der Waals surface area contributed by atoms with Crippen LogP contribution in [0.1, 0.15) is 111 Å². The SMILES string of the molecule is CCCCC(CC)COC(=O)ON=C(N)c1ccc2c(c1)C(O[Si](C)(C)C(C)(C)C)C(C(C)(C)C)C1(CCN(C(=O)O)CC1)O2. The van der Waals surface area contributed by atoms with Gasteiger partial charge in [0.15, 0.2) is 14.2 Å². The van der Waals surface area contributed by atoms with Crippen LogP contribution in [0, 0.1) is 17.3 Å². The van der Waals surface area contributed by atoms with E-state index < -0.39 is 26.2 Å². The van der Waals surface area contributed by atoms with E-state index in [4.69, 9.17) is 24.5 Å². The van der Waals surface area contributed by atoms with Crippen molar-refractivity contribution in [1.29, 1.82) is 0 Å². The first-order chi connectivity index (χ1) is 20.8. The second kappa shape index (κ2) is 14.3. The van der Waals surface area contributed by atoms with Crippen LogP contribution in [-0.4, -0.2) is 61.7 Å². The molecule has 0 aromatic heterocycles. The second-order valence-electron chi connectivity index (χ2n) is 15.4. The maximum atomic E-state index is 12.3. The number of nitrogens with zero attached hydrogens (tertiary/aromatic N) is 2. The number of amidine groups is 1. The molecule has 0 saturated carbocycles. The Morgan fingerprint density at radius 3 is 2.33 bits per heavy atom. The Balaban J connectivity index is 1.97. The molecule has 10 nitrogen and oxygen atoms in total. The Kier molecular flexibility index (Phi) is 11.7. The molecule has 2 heterocycles. The summed E-state index contributed by atoms with van der Waals surface area (Å²) in [6, 6.07) is 5.60. The second-order valence-corrected chi connectivity index (χ2v) is 20.1. The molecule has 1 aromatic carbocycles. The van der Waals surface area contributed by atoms with E-state index in [0.29, 0.717) is 37.2 Å². The quantitative estimate of drug-likeness (QED) is 0.0647. The fourth-order valence-corrected chi connectivity index (χ4v) is 7.62. The summed E-state index contributed by atoms with van der Waals surface area (Å²) in [7, 11) is -2.31. The number of carbonyl (C=O) groups excluding carboxylic acids is 1. The third-order valence-corrected chi connectivity index (χ3v) is 14.5. The summed E-state index contributed by atoms with van der Waals surface area (Å²) in [6.07, 6.45) is 3.11. The van der Waals surface area contributed by atoms with Gasteiger partial charge in [-0.3, -0.25) is 4.84 Å². The van der Waals surface area contributed by atoms with E-state index in [-0.39, 0.29) is 40.8 Å². The zero-order chi connectivity index (χ0) is 33.8. The number of carbonyl (C=O) groups is 2. The number of piperidine rings is 1. The van der Waals surface area contributed by atoms with E-state index in [1.165, 1.54) is 4.90 Å². The Morgan fingerprint density at radius 2 is 1.80 bits per heavy atom. The van der Waals surface area contributed by atoms with Crippen LogP contribution in [0.15, 0.2) is 23.4 Å². The van der Waals surface area contributed by atoms with Crippen molar-refractivity contribution in [3.63, 3.8) is 0 Å². The van der Waals surface area contributed by atoms with Crippen LogP contribution in [0.2, 0.25) is 18.1 Å². The highest BCUT2D eigenvalue weighted by Crippen LogP contribution is 2.57. The van der Waals surface area contributed by atoms with Crippen molar-refractivity contribution < 1.29 is 33.4 Å². The van der Waals surface area contributed by atoms with Gasteiger partial charge in [0.05, 0.1) is 12.7 Å². The molecule has 1 spiro atoms. The summed E-state index contributed by atoms with van der Waals surface area (Å²) < 4.78 is 19.5. The number of ether oxygens (including phenoxy) is 2. The Bertz CT molecular complexity index is 1210. The molecule has 2 aliphatic rings. The highest BCUT2D eigenvalue weighted by atomic mass is 28.4. The summed E-state index contributed by atoms with van der Waals surface area (Å²) in [5, 5.41) is 13.5. The van der Waals surface area contributed by atoms with Crippen molar-refractivity contribution in [3.05, 3.63) is 29.3 Å². The van der Waals surface area contributed by atoms with Crippen LogP contribution in [0.25, 0.3) is 0 Å². The topological polar surface area (TPSA) is 133 Å². The van der Waals surface area contributed by atoms with E-state index in [1.807, 2.05) is 12.1 Å². The van der Waals surface area contributed by atoms with Gasteiger partial charge in [0.1, 0.15) is 11.4 Å². The van der Waals surface area contributed by atoms with E-state index in [2.05, 4.69) is 73.6 Å². The highest BCUT2D eigenvalue weighted by molar-refractivity contribution is 6.74. The number of oxime groups is 1. The molecular formula is C34H57N3O7Si. The molecular weight excluding hydrogens is 590 g/mol. The van der Waals surface area contributed by atoms with Crippen molar-refractivity contribution in [1.82, 2.24) is 4.90 Å². The van der Waals surface area contributed by atoms with Crippen LogP contribution in [0.4, 0.5) is 9.59 Å². The molecule has 1 fully saturated rings. The number of hydrogen-bond donors (Lipinski definition) is 2. The number of amides is 1. The first kappa shape index (κ1) is 36.7. The lowest BCUT2D eigenvalue weighted by Crippen LogP contribution is -2.61. The maximum absolute atomic E-state index is 12.3. The van der Waals surface area contributed by atoms with Gasteiger partial charge < -0.3 is 29.6 Å². The minimum Gasteiger partial charge on any atom is -0.486 e. The molecule has 1 aromatic rings. The molecule has 2 aliphatic heterocycles. The number of likely N-dealkylation sites (tertiary alicyclic amines) is 1. The first-order valence-electron chi connectivity index (χ1n) is 16.5. The normalized spacial score (nSPS) is 21.1. The number of rotatable bonds is 10. The minimum atomic E-state index is -2.31. The molecule has 3 N–H and O–H groups in total. The fourth-order valence-electron chi connectivity index (χ4n) is 6.37. The smallest absolute Gasteiger partial charge is 0.486 e. The lowest BCUT2D eigenvalue weighted by Gasteiger charge is -2.57. The molecule has 3 unspecified atom stereocenters. The van der Waals surface area contributed by atoms with Crippen LogP contribution in [0.5, 0.6) is 5.75 Å². The Morgan fingerprint density at radius 1 is 1.16 bits per heavy atom. The Labute approximate surface area is 271 Å². The van der Waals surface area contributed by atoms with E-state index in [9.17, 15) is 14.7 Å². The average Bonchev–Trinajstić information content (AvgIpc) is 2.94. The van der Waals surface area contributed by atoms with Crippen molar-refractivity contribution in [2.75, 3.05) is 19.7 Å². The summed E-state index contributed by atoms with van der Waals surface area (Å²) in [5.41, 5.74) is 6.94. The van der Waals surface area contributed by atoms with E-state index in [1.54, 1.807) is 6.07 Å². The van der Waals surface area contributed by atoms with Gasteiger partial charge in [0.2, 0.25) is 0 Å². The third-order valence-electron chi connectivity index (χ3n) is 10.0. The van der Waals surface area contributed by atoms with Crippen LogP contribution in [-0.2, 0) is 14.0 Å². The maximum Gasteiger partial charge on any atom is 0.535 e. The van der Waals surface area contributed by atoms with Gasteiger partial charge in [-0.05, 0) is 54.1 Å². The molecule has 1 amide bonds. The van der Waals surface area contributed by atoms with Gasteiger partial charge in [-0.1, -0.05) is 79.8 Å². The number of benzene rings is 1. The van der Waals surface area contributed by atoms with Gasteiger partial charge >= 0.3 is 12.2 Å². The molecule has 0 radical (unpaired) electrons. The van der Waals surface area contributed by atoms with Crippen LogP contribution < -0.4 is 10.5 Å². The zero-order valence-electron chi connectivity index (χ0n) is 29.2. The number of fused-ring (bicyclic) bond motifs is 1. The lowest BCUT2D eigenvalue weighted by molar-refractivity contribution is -0.137. The number of carboxylic acid groups (broad SMARTS) is 1. The summed E-state index contributed by atoms with van der Waals surface area (Å²) in [5.74, 6) is 0.938. The van der Waals surface area contributed by atoms with Gasteiger partial charge in [-0.15, -0.1) is 0 Å².